The summed E-state index contributed by atoms with van der Waals surface area (Å²) >= 11 is 0. The number of nitrogens with zero attached hydrogens (tertiary/aromatic N) is 3. The van der Waals surface area contributed by atoms with Crippen molar-refractivity contribution in [3.63, 3.8) is 0 Å². The minimum absolute atomic E-state index is 0.168. The molecule has 6 nitrogen and oxygen atoms in total. The fourth-order valence-corrected chi connectivity index (χ4v) is 3.74. The van der Waals surface area contributed by atoms with Crippen LogP contribution in [0.4, 0.5) is 0 Å². The van der Waals surface area contributed by atoms with Crippen molar-refractivity contribution in [2.24, 2.45) is 16.8 Å². The lowest BCUT2D eigenvalue weighted by Gasteiger charge is -2.38. The van der Waals surface area contributed by atoms with Gasteiger partial charge in [0.2, 0.25) is 11.8 Å². The molecule has 0 radical (unpaired) electrons. The summed E-state index contributed by atoms with van der Waals surface area (Å²) in [6.45, 7) is 3.86. The lowest BCUT2D eigenvalue weighted by Crippen LogP contribution is -2.53. The molecule has 0 spiro atoms. The van der Waals surface area contributed by atoms with Crippen molar-refractivity contribution in [1.29, 1.82) is 0 Å². The van der Waals surface area contributed by atoms with Crippen molar-refractivity contribution < 1.29 is 14.4 Å². The molecule has 0 N–H and O–H groups in total. The highest BCUT2D eigenvalue weighted by Gasteiger charge is 2.34. The standard InChI is InChI=1S/C18H25N3O3/c1-13-7-8-15(16(22)19-13)18(24)21-11-9-20(10-12-21)17(23)14-5-3-2-4-6-14/h7-8,14-15H,2-6,9-12H2,1H3. The van der Waals surface area contributed by atoms with Crippen LogP contribution >= 0.6 is 0 Å². The third kappa shape index (κ3) is 3.57. The van der Waals surface area contributed by atoms with Gasteiger partial charge in [0.25, 0.3) is 5.91 Å². The van der Waals surface area contributed by atoms with Crippen molar-refractivity contribution in [1.82, 2.24) is 9.80 Å². The van der Waals surface area contributed by atoms with Crippen LogP contribution in [0.5, 0.6) is 0 Å². The molecule has 1 saturated heterocycles. The maximum atomic E-state index is 12.6. The molecule has 2 heterocycles. The minimum atomic E-state index is -0.797. The Labute approximate surface area is 142 Å². The maximum Gasteiger partial charge on any atom is 0.262 e. The number of hydrogen-bond donors (Lipinski definition) is 0. The highest BCUT2D eigenvalue weighted by atomic mass is 16.2. The lowest BCUT2D eigenvalue weighted by atomic mass is 9.88. The Hall–Kier alpha value is -1.98. The predicted octanol–water partition coefficient (Wildman–Crippen LogP) is 1.41. The van der Waals surface area contributed by atoms with E-state index in [2.05, 4.69) is 4.99 Å². The quantitative estimate of drug-likeness (QED) is 0.718. The molecule has 130 valence electrons. The second kappa shape index (κ2) is 7.28. The maximum absolute atomic E-state index is 12.6. The Kier molecular flexibility index (Phi) is 5.11. The van der Waals surface area contributed by atoms with Crippen LogP contribution in [0.3, 0.4) is 0 Å². The number of dihydropyridines is 1. The van der Waals surface area contributed by atoms with Crippen molar-refractivity contribution in [2.75, 3.05) is 26.2 Å². The van der Waals surface area contributed by atoms with Crippen LogP contribution in [0.25, 0.3) is 0 Å². The van der Waals surface area contributed by atoms with E-state index in [1.807, 2.05) is 4.90 Å². The highest BCUT2D eigenvalue weighted by Crippen LogP contribution is 2.26. The first kappa shape index (κ1) is 16.9. The summed E-state index contributed by atoms with van der Waals surface area (Å²) in [6, 6.07) is 0. The fraction of sp³-hybridized carbons (Fsp3) is 0.667. The molecule has 1 aliphatic carbocycles. The third-order valence-corrected chi connectivity index (χ3v) is 5.21. The van der Waals surface area contributed by atoms with E-state index in [1.165, 1.54) is 6.42 Å². The molecule has 0 aromatic carbocycles. The first-order valence-corrected chi connectivity index (χ1v) is 8.91. The van der Waals surface area contributed by atoms with Gasteiger partial charge in [0.05, 0.1) is 0 Å². The molecule has 6 heteroatoms. The first-order valence-electron chi connectivity index (χ1n) is 8.91. The molecule has 0 bridgehead atoms. The van der Waals surface area contributed by atoms with E-state index in [4.69, 9.17) is 0 Å². The van der Waals surface area contributed by atoms with Gasteiger partial charge in [0.15, 0.2) is 0 Å². The smallest absolute Gasteiger partial charge is 0.262 e. The molecule has 1 unspecified atom stereocenters. The van der Waals surface area contributed by atoms with Crippen LogP contribution in [0.2, 0.25) is 0 Å². The number of amides is 3. The third-order valence-electron chi connectivity index (χ3n) is 5.21. The molecule has 3 amide bonds. The summed E-state index contributed by atoms with van der Waals surface area (Å²) in [6.07, 6.45) is 8.86. The number of piperazine rings is 1. The van der Waals surface area contributed by atoms with Gasteiger partial charge in [0, 0.05) is 37.8 Å². The number of hydrogen-bond acceptors (Lipinski definition) is 3. The topological polar surface area (TPSA) is 70.1 Å². The number of carbonyl (C=O) groups excluding carboxylic acids is 3. The zero-order valence-electron chi connectivity index (χ0n) is 14.2. The molecule has 24 heavy (non-hydrogen) atoms. The van der Waals surface area contributed by atoms with Crippen LogP contribution in [-0.4, -0.2) is 59.4 Å². The summed E-state index contributed by atoms with van der Waals surface area (Å²) in [5.74, 6) is -0.968. The normalized spacial score (nSPS) is 25.6. The van der Waals surface area contributed by atoms with Gasteiger partial charge in [-0.15, -0.1) is 0 Å². The van der Waals surface area contributed by atoms with E-state index in [-0.39, 0.29) is 23.6 Å². The monoisotopic (exact) mass is 331 g/mol. The minimum Gasteiger partial charge on any atom is -0.339 e. The lowest BCUT2D eigenvalue weighted by molar-refractivity contribution is -0.146. The van der Waals surface area contributed by atoms with Gasteiger partial charge in [0.1, 0.15) is 5.92 Å². The zero-order valence-corrected chi connectivity index (χ0v) is 14.2. The predicted molar refractivity (Wildman–Crippen MR) is 90.5 cm³/mol. The van der Waals surface area contributed by atoms with E-state index < -0.39 is 5.92 Å². The van der Waals surface area contributed by atoms with Gasteiger partial charge in [-0.2, -0.15) is 0 Å². The van der Waals surface area contributed by atoms with Crippen LogP contribution in [0, 0.1) is 11.8 Å². The van der Waals surface area contributed by atoms with Gasteiger partial charge >= 0.3 is 0 Å². The van der Waals surface area contributed by atoms with E-state index in [0.29, 0.717) is 31.9 Å². The molecular formula is C18H25N3O3. The number of rotatable bonds is 2. The van der Waals surface area contributed by atoms with Gasteiger partial charge in [-0.05, 0) is 25.8 Å². The summed E-state index contributed by atoms with van der Waals surface area (Å²) < 4.78 is 0. The largest absolute Gasteiger partial charge is 0.339 e. The summed E-state index contributed by atoms with van der Waals surface area (Å²) in [5, 5.41) is 0. The van der Waals surface area contributed by atoms with Crippen LogP contribution in [-0.2, 0) is 14.4 Å². The average molecular weight is 331 g/mol. The van der Waals surface area contributed by atoms with Crippen LogP contribution in [0.15, 0.2) is 17.1 Å². The summed E-state index contributed by atoms with van der Waals surface area (Å²) in [4.78, 5) is 44.4. The first-order chi connectivity index (χ1) is 11.6. The Balaban J connectivity index is 1.53. The molecule has 1 atom stereocenters. The Bertz CT molecular complexity index is 582. The zero-order chi connectivity index (χ0) is 17.1. The van der Waals surface area contributed by atoms with Crippen molar-refractivity contribution in [3.8, 4) is 0 Å². The van der Waals surface area contributed by atoms with Crippen molar-refractivity contribution >= 4 is 23.4 Å². The second-order valence-corrected chi connectivity index (χ2v) is 6.91. The Morgan fingerprint density at radius 2 is 1.58 bits per heavy atom. The molecule has 3 rings (SSSR count). The van der Waals surface area contributed by atoms with Gasteiger partial charge < -0.3 is 9.80 Å². The number of allylic oxidation sites excluding steroid dienone is 1. The summed E-state index contributed by atoms with van der Waals surface area (Å²) in [7, 11) is 0. The van der Waals surface area contributed by atoms with Crippen LogP contribution < -0.4 is 0 Å². The second-order valence-electron chi connectivity index (χ2n) is 6.91. The van der Waals surface area contributed by atoms with Crippen molar-refractivity contribution in [2.45, 2.75) is 39.0 Å². The molecule has 1 saturated carbocycles. The van der Waals surface area contributed by atoms with Gasteiger partial charge in [-0.1, -0.05) is 25.3 Å². The van der Waals surface area contributed by atoms with E-state index in [0.717, 1.165) is 25.7 Å². The molecule has 2 aliphatic heterocycles. The van der Waals surface area contributed by atoms with E-state index in [1.54, 1.807) is 24.0 Å². The molecule has 3 aliphatic rings. The molecular weight excluding hydrogens is 306 g/mol. The van der Waals surface area contributed by atoms with Gasteiger partial charge in [-0.3, -0.25) is 14.4 Å². The Morgan fingerprint density at radius 3 is 2.17 bits per heavy atom. The van der Waals surface area contributed by atoms with Gasteiger partial charge in [-0.25, -0.2) is 4.99 Å². The van der Waals surface area contributed by atoms with Crippen LogP contribution in [0.1, 0.15) is 39.0 Å². The van der Waals surface area contributed by atoms with Crippen molar-refractivity contribution in [3.05, 3.63) is 12.2 Å². The summed E-state index contributed by atoms with van der Waals surface area (Å²) in [5.41, 5.74) is 0.631. The van der Waals surface area contributed by atoms with E-state index >= 15 is 0 Å². The molecule has 2 fully saturated rings. The number of aliphatic imine (C=N–C) groups is 1. The fourth-order valence-electron chi connectivity index (χ4n) is 3.74. The molecule has 0 aromatic rings. The average Bonchev–Trinajstić information content (AvgIpc) is 2.61. The SMILES string of the molecule is CC1=NC(=O)C(C(=O)N2CCN(C(=O)C3CCCCC3)CC2)C=C1. The molecule has 0 aromatic heterocycles. The Morgan fingerprint density at radius 1 is 1.00 bits per heavy atom. The highest BCUT2D eigenvalue weighted by molar-refractivity contribution is 6.12. The van der Waals surface area contributed by atoms with E-state index in [9.17, 15) is 14.4 Å². The number of carbonyl (C=O) groups is 3.